The summed E-state index contributed by atoms with van der Waals surface area (Å²) in [5.74, 6) is 0.622. The molecule has 0 aliphatic carbocycles. The number of benzene rings is 3. The van der Waals surface area contributed by atoms with Crippen molar-refractivity contribution in [2.24, 2.45) is 0 Å². The molecule has 31 heavy (non-hydrogen) atoms. The molecule has 0 saturated carbocycles. The zero-order valence-electron chi connectivity index (χ0n) is 17.1. The molecule has 0 radical (unpaired) electrons. The van der Waals surface area contributed by atoms with Gasteiger partial charge in [-0.15, -0.1) is 0 Å². The molecule has 8 heteroatoms. The summed E-state index contributed by atoms with van der Waals surface area (Å²) in [6.07, 6.45) is 0. The number of carbonyl (C=O) groups is 2. The summed E-state index contributed by atoms with van der Waals surface area (Å²) in [5, 5.41) is 9.11. The van der Waals surface area contributed by atoms with E-state index in [2.05, 4.69) is 16.0 Å². The Morgan fingerprint density at radius 1 is 0.839 bits per heavy atom. The Balaban J connectivity index is 1.57. The summed E-state index contributed by atoms with van der Waals surface area (Å²) < 4.78 is 10.5. The fourth-order valence-electron chi connectivity index (χ4n) is 2.85. The van der Waals surface area contributed by atoms with Gasteiger partial charge in [-0.3, -0.25) is 9.59 Å². The first kappa shape index (κ1) is 22.0. The molecular formula is C23H22ClN3O4. The second kappa shape index (κ2) is 10.4. The summed E-state index contributed by atoms with van der Waals surface area (Å²) in [5.41, 5.74) is 2.22. The molecule has 0 aliphatic heterocycles. The lowest BCUT2D eigenvalue weighted by molar-refractivity contribution is -0.114. The minimum absolute atomic E-state index is 0.0206. The zero-order chi connectivity index (χ0) is 22.2. The molecule has 160 valence electrons. The molecule has 0 fully saturated rings. The second-order valence-corrected chi connectivity index (χ2v) is 6.91. The topological polar surface area (TPSA) is 88.7 Å². The van der Waals surface area contributed by atoms with E-state index in [4.69, 9.17) is 21.1 Å². The van der Waals surface area contributed by atoms with Gasteiger partial charge in [-0.05, 0) is 54.6 Å². The number of amides is 2. The van der Waals surface area contributed by atoms with Crippen LogP contribution in [-0.4, -0.2) is 32.6 Å². The maximum atomic E-state index is 12.5. The molecular weight excluding hydrogens is 418 g/mol. The number of hydrogen-bond donors (Lipinski definition) is 3. The van der Waals surface area contributed by atoms with Crippen molar-refractivity contribution >= 4 is 40.5 Å². The number of halogens is 1. The highest BCUT2D eigenvalue weighted by molar-refractivity contribution is 6.31. The Morgan fingerprint density at radius 2 is 1.52 bits per heavy atom. The lowest BCUT2D eigenvalue weighted by atomic mass is 10.2. The van der Waals surface area contributed by atoms with E-state index in [0.29, 0.717) is 39.1 Å². The van der Waals surface area contributed by atoms with Crippen molar-refractivity contribution < 1.29 is 19.1 Å². The summed E-state index contributed by atoms with van der Waals surface area (Å²) in [6, 6.07) is 18.9. The Labute approximate surface area is 185 Å². The predicted octanol–water partition coefficient (Wildman–Crippen LogP) is 4.66. The van der Waals surface area contributed by atoms with Crippen LogP contribution in [-0.2, 0) is 4.79 Å². The normalized spacial score (nSPS) is 10.2. The van der Waals surface area contributed by atoms with Gasteiger partial charge in [0.2, 0.25) is 5.91 Å². The lowest BCUT2D eigenvalue weighted by Crippen LogP contribution is -2.22. The lowest BCUT2D eigenvalue weighted by Gasteiger charge is -2.12. The molecule has 3 rings (SSSR count). The second-order valence-electron chi connectivity index (χ2n) is 6.48. The van der Waals surface area contributed by atoms with Crippen LogP contribution in [0, 0.1) is 0 Å². The Morgan fingerprint density at radius 3 is 2.23 bits per heavy atom. The quantitative estimate of drug-likeness (QED) is 0.475. The molecule has 0 saturated heterocycles. The van der Waals surface area contributed by atoms with E-state index in [0.717, 1.165) is 0 Å². The first-order valence-electron chi connectivity index (χ1n) is 9.42. The Kier molecular flexibility index (Phi) is 7.35. The van der Waals surface area contributed by atoms with Crippen LogP contribution in [0.25, 0.3) is 0 Å². The van der Waals surface area contributed by atoms with Gasteiger partial charge in [0.05, 0.1) is 32.1 Å². The Bertz CT molecular complexity index is 1070. The van der Waals surface area contributed by atoms with E-state index in [1.54, 1.807) is 68.8 Å². The standard InChI is InChI=1S/C23H22ClN3O4/c1-30-20-6-4-3-5-18(20)27-23(29)15-7-10-17(11-8-15)26-22(28)14-25-19-13-16(24)9-12-21(19)31-2/h3-13,25H,14H2,1-2H3,(H,26,28)(H,27,29). The zero-order valence-corrected chi connectivity index (χ0v) is 17.8. The van der Waals surface area contributed by atoms with Crippen LogP contribution < -0.4 is 25.4 Å². The fourth-order valence-corrected chi connectivity index (χ4v) is 3.02. The summed E-state index contributed by atoms with van der Waals surface area (Å²) in [4.78, 5) is 24.7. The van der Waals surface area contributed by atoms with E-state index in [1.165, 1.54) is 0 Å². The van der Waals surface area contributed by atoms with Crippen molar-refractivity contribution in [1.82, 2.24) is 0 Å². The fraction of sp³-hybridized carbons (Fsp3) is 0.130. The van der Waals surface area contributed by atoms with Gasteiger partial charge < -0.3 is 25.4 Å². The molecule has 3 N–H and O–H groups in total. The smallest absolute Gasteiger partial charge is 0.255 e. The number of methoxy groups -OCH3 is 2. The minimum Gasteiger partial charge on any atom is -0.495 e. The largest absolute Gasteiger partial charge is 0.495 e. The molecule has 0 bridgehead atoms. The molecule has 0 heterocycles. The molecule has 2 amide bonds. The van der Waals surface area contributed by atoms with E-state index < -0.39 is 0 Å². The van der Waals surface area contributed by atoms with Crippen LogP contribution in [0.5, 0.6) is 11.5 Å². The molecule has 3 aromatic carbocycles. The molecule has 0 unspecified atom stereocenters. The average molecular weight is 440 g/mol. The maximum Gasteiger partial charge on any atom is 0.255 e. The number of hydrogen-bond acceptors (Lipinski definition) is 5. The van der Waals surface area contributed by atoms with Crippen LogP contribution in [0.3, 0.4) is 0 Å². The molecule has 7 nitrogen and oxygen atoms in total. The van der Waals surface area contributed by atoms with E-state index >= 15 is 0 Å². The summed E-state index contributed by atoms with van der Waals surface area (Å²) in [7, 11) is 3.08. The van der Waals surface area contributed by atoms with Gasteiger partial charge in [0.25, 0.3) is 5.91 Å². The van der Waals surface area contributed by atoms with Gasteiger partial charge in [-0.25, -0.2) is 0 Å². The average Bonchev–Trinajstić information content (AvgIpc) is 2.78. The third kappa shape index (κ3) is 5.90. The highest BCUT2D eigenvalue weighted by Crippen LogP contribution is 2.27. The highest BCUT2D eigenvalue weighted by atomic mass is 35.5. The SMILES string of the molecule is COc1ccc(Cl)cc1NCC(=O)Nc1ccc(C(=O)Nc2ccccc2OC)cc1. The van der Waals surface area contributed by atoms with Crippen molar-refractivity contribution in [2.45, 2.75) is 0 Å². The van der Waals surface area contributed by atoms with Gasteiger partial charge in [0.1, 0.15) is 11.5 Å². The van der Waals surface area contributed by atoms with Crippen LogP contribution in [0.15, 0.2) is 66.7 Å². The van der Waals surface area contributed by atoms with Crippen molar-refractivity contribution in [3.63, 3.8) is 0 Å². The number of ether oxygens (including phenoxy) is 2. The molecule has 0 atom stereocenters. The van der Waals surface area contributed by atoms with Gasteiger partial charge in [0, 0.05) is 16.3 Å². The monoisotopic (exact) mass is 439 g/mol. The number of para-hydroxylation sites is 2. The van der Waals surface area contributed by atoms with Crippen molar-refractivity contribution in [2.75, 3.05) is 36.7 Å². The highest BCUT2D eigenvalue weighted by Gasteiger charge is 2.11. The summed E-state index contributed by atoms with van der Waals surface area (Å²) >= 11 is 5.99. The van der Waals surface area contributed by atoms with Crippen molar-refractivity contribution in [1.29, 1.82) is 0 Å². The molecule has 0 spiro atoms. The number of anilines is 3. The first-order valence-corrected chi connectivity index (χ1v) is 9.79. The first-order chi connectivity index (χ1) is 15.0. The van der Waals surface area contributed by atoms with Crippen molar-refractivity contribution in [3.05, 3.63) is 77.3 Å². The summed E-state index contributed by atoms with van der Waals surface area (Å²) in [6.45, 7) is 0.0206. The number of nitrogens with one attached hydrogen (secondary N) is 3. The van der Waals surface area contributed by atoms with Gasteiger partial charge in [-0.2, -0.15) is 0 Å². The minimum atomic E-state index is -0.280. The van der Waals surface area contributed by atoms with Gasteiger partial charge in [0.15, 0.2) is 0 Å². The van der Waals surface area contributed by atoms with Crippen molar-refractivity contribution in [3.8, 4) is 11.5 Å². The molecule has 0 aliphatic rings. The van der Waals surface area contributed by atoms with Crippen LogP contribution in [0.1, 0.15) is 10.4 Å². The van der Waals surface area contributed by atoms with Crippen LogP contribution in [0.2, 0.25) is 5.02 Å². The molecule has 3 aromatic rings. The molecule has 0 aromatic heterocycles. The van der Waals surface area contributed by atoms with E-state index in [1.807, 2.05) is 12.1 Å². The van der Waals surface area contributed by atoms with E-state index in [-0.39, 0.29) is 18.4 Å². The van der Waals surface area contributed by atoms with E-state index in [9.17, 15) is 9.59 Å². The maximum absolute atomic E-state index is 12.5. The van der Waals surface area contributed by atoms with Gasteiger partial charge >= 0.3 is 0 Å². The number of rotatable bonds is 8. The Hall–Kier alpha value is -3.71. The number of carbonyl (C=O) groups excluding carboxylic acids is 2. The third-order valence-corrected chi connectivity index (χ3v) is 4.62. The van der Waals surface area contributed by atoms with Gasteiger partial charge in [-0.1, -0.05) is 23.7 Å². The van der Waals surface area contributed by atoms with Crippen LogP contribution >= 0.6 is 11.6 Å². The predicted molar refractivity (Wildman–Crippen MR) is 123 cm³/mol. The third-order valence-electron chi connectivity index (χ3n) is 4.39. The van der Waals surface area contributed by atoms with Crippen LogP contribution in [0.4, 0.5) is 17.1 Å².